The van der Waals surface area contributed by atoms with Crippen molar-refractivity contribution in [2.45, 2.75) is 25.3 Å². The molecule has 142 valence electrons. The summed E-state index contributed by atoms with van der Waals surface area (Å²) in [7, 11) is 0. The van der Waals surface area contributed by atoms with E-state index in [1.807, 2.05) is 24.3 Å². The fraction of sp³-hybridized carbons (Fsp3) is 0.250. The number of hydrogen-bond acceptors (Lipinski definition) is 4. The summed E-state index contributed by atoms with van der Waals surface area (Å²) in [6, 6.07) is 12.7. The number of alkyl halides is 2. The van der Waals surface area contributed by atoms with Gasteiger partial charge in [0.15, 0.2) is 5.82 Å². The molecule has 3 heterocycles. The Labute approximate surface area is 164 Å². The van der Waals surface area contributed by atoms with Crippen molar-refractivity contribution in [3.63, 3.8) is 0 Å². The van der Waals surface area contributed by atoms with Crippen LogP contribution < -0.4 is 4.90 Å². The van der Waals surface area contributed by atoms with Crippen LogP contribution in [0.5, 0.6) is 0 Å². The molecule has 5 rings (SSSR count). The molecule has 1 fully saturated rings. The summed E-state index contributed by atoms with van der Waals surface area (Å²) in [5.74, 6) is 0.869. The van der Waals surface area contributed by atoms with Crippen LogP contribution in [0.2, 0.25) is 5.02 Å². The Morgan fingerprint density at radius 2 is 1.93 bits per heavy atom. The summed E-state index contributed by atoms with van der Waals surface area (Å²) >= 11 is 6.08. The van der Waals surface area contributed by atoms with Gasteiger partial charge in [0, 0.05) is 17.0 Å². The van der Waals surface area contributed by atoms with Gasteiger partial charge in [0.1, 0.15) is 11.6 Å². The fourth-order valence-electron chi connectivity index (χ4n) is 3.86. The molecule has 0 amide bonds. The largest absolute Gasteiger partial charge is 0.346 e. The highest BCUT2D eigenvalue weighted by molar-refractivity contribution is 6.31. The van der Waals surface area contributed by atoms with Crippen LogP contribution in [0.1, 0.15) is 37.0 Å². The number of H-pyrrole nitrogens is 1. The predicted octanol–water partition coefficient (Wildman–Crippen LogP) is 5.44. The van der Waals surface area contributed by atoms with Gasteiger partial charge in [0.05, 0.1) is 22.6 Å². The molecule has 0 radical (unpaired) electrons. The van der Waals surface area contributed by atoms with Crippen LogP contribution >= 0.6 is 11.6 Å². The molecule has 1 aliphatic heterocycles. The lowest BCUT2D eigenvalue weighted by Gasteiger charge is -2.25. The third-order valence-electron chi connectivity index (χ3n) is 5.10. The summed E-state index contributed by atoms with van der Waals surface area (Å²) in [6.07, 6.45) is -0.946. The maximum atomic E-state index is 13.4. The smallest absolute Gasteiger partial charge is 0.297 e. The number of para-hydroxylation sites is 1. The second-order valence-electron chi connectivity index (χ2n) is 6.86. The minimum atomic E-state index is -2.72. The molecule has 0 bridgehead atoms. The van der Waals surface area contributed by atoms with Crippen molar-refractivity contribution in [1.29, 1.82) is 0 Å². The zero-order chi connectivity index (χ0) is 19.3. The molecule has 1 N–H and O–H groups in total. The Morgan fingerprint density at radius 3 is 2.79 bits per heavy atom. The van der Waals surface area contributed by atoms with Gasteiger partial charge in [0.25, 0.3) is 6.43 Å². The van der Waals surface area contributed by atoms with E-state index in [-0.39, 0.29) is 6.04 Å². The maximum absolute atomic E-state index is 13.4. The van der Waals surface area contributed by atoms with Crippen molar-refractivity contribution in [2.24, 2.45) is 0 Å². The molecule has 1 unspecified atom stereocenters. The molecule has 1 saturated heterocycles. The van der Waals surface area contributed by atoms with Crippen molar-refractivity contribution in [3.8, 4) is 0 Å². The predicted molar refractivity (Wildman–Crippen MR) is 105 cm³/mol. The normalized spacial score (nSPS) is 17.3. The number of nitrogens with zero attached hydrogens (tertiary/aromatic N) is 4. The molecule has 0 aliphatic carbocycles. The Kier molecular flexibility index (Phi) is 4.12. The van der Waals surface area contributed by atoms with Crippen LogP contribution in [-0.4, -0.2) is 26.5 Å². The van der Waals surface area contributed by atoms with Gasteiger partial charge < -0.3 is 9.88 Å². The van der Waals surface area contributed by atoms with Crippen LogP contribution in [0.25, 0.3) is 21.9 Å². The average Bonchev–Trinajstić information content (AvgIpc) is 3.33. The Morgan fingerprint density at radius 1 is 1.07 bits per heavy atom. The van der Waals surface area contributed by atoms with Gasteiger partial charge >= 0.3 is 0 Å². The molecule has 8 heteroatoms. The third kappa shape index (κ3) is 2.86. The molecule has 4 aromatic rings. The van der Waals surface area contributed by atoms with Gasteiger partial charge in [-0.25, -0.2) is 23.7 Å². The van der Waals surface area contributed by atoms with Gasteiger partial charge in [-0.2, -0.15) is 0 Å². The molecular weight excluding hydrogens is 384 g/mol. The number of nitrogens with one attached hydrogen (secondary N) is 1. The van der Waals surface area contributed by atoms with Gasteiger partial charge in [-0.1, -0.05) is 23.7 Å². The number of anilines is 1. The van der Waals surface area contributed by atoms with Crippen LogP contribution in [0.15, 0.2) is 42.5 Å². The van der Waals surface area contributed by atoms with Gasteiger partial charge in [-0.15, -0.1) is 0 Å². The number of aromatic nitrogens is 4. The minimum absolute atomic E-state index is 0.0741. The highest BCUT2D eigenvalue weighted by atomic mass is 35.5. The molecule has 2 aromatic heterocycles. The van der Waals surface area contributed by atoms with E-state index >= 15 is 0 Å². The van der Waals surface area contributed by atoms with E-state index in [0.717, 1.165) is 35.1 Å². The average molecular weight is 400 g/mol. The first kappa shape index (κ1) is 17.3. The lowest BCUT2D eigenvalue weighted by molar-refractivity contribution is 0.141. The van der Waals surface area contributed by atoms with Gasteiger partial charge in [-0.3, -0.25) is 0 Å². The lowest BCUT2D eigenvalue weighted by Crippen LogP contribution is -2.25. The van der Waals surface area contributed by atoms with E-state index in [0.29, 0.717) is 22.9 Å². The van der Waals surface area contributed by atoms with E-state index < -0.39 is 12.2 Å². The van der Waals surface area contributed by atoms with E-state index in [9.17, 15) is 8.78 Å². The fourth-order valence-corrected chi connectivity index (χ4v) is 4.03. The first-order valence-electron chi connectivity index (χ1n) is 9.07. The van der Waals surface area contributed by atoms with Gasteiger partial charge in [0.2, 0.25) is 0 Å². The van der Waals surface area contributed by atoms with Crippen LogP contribution in [0, 0.1) is 0 Å². The summed E-state index contributed by atoms with van der Waals surface area (Å²) in [5.41, 5.74) is 2.20. The third-order valence-corrected chi connectivity index (χ3v) is 5.33. The maximum Gasteiger partial charge on any atom is 0.297 e. The number of benzene rings is 2. The Bertz CT molecular complexity index is 1180. The SMILES string of the molecule is FC(F)c1nc(N2CCCC2c2nc3ccc(Cl)cc3[nH]2)c2ccccc2n1. The standard InChI is InChI=1S/C20H16ClF2N5/c21-11-7-8-14-15(10-11)26-18(25-14)16-6-3-9-28(16)20-12-4-1-2-5-13(12)24-19(27-20)17(22)23/h1-2,4-5,7-8,10,16-17H,3,6,9H2,(H,25,26). The summed E-state index contributed by atoms with van der Waals surface area (Å²) in [4.78, 5) is 18.3. The quantitative estimate of drug-likeness (QED) is 0.498. The monoisotopic (exact) mass is 399 g/mol. The van der Waals surface area contributed by atoms with E-state index in [1.54, 1.807) is 18.2 Å². The van der Waals surface area contributed by atoms with Crippen molar-refractivity contribution in [1.82, 2.24) is 19.9 Å². The van der Waals surface area contributed by atoms with Crippen LogP contribution in [-0.2, 0) is 0 Å². The lowest BCUT2D eigenvalue weighted by atomic mass is 10.2. The number of aromatic amines is 1. The highest BCUT2D eigenvalue weighted by Gasteiger charge is 2.31. The highest BCUT2D eigenvalue weighted by Crippen LogP contribution is 2.38. The Balaban J connectivity index is 1.63. The van der Waals surface area contributed by atoms with Crippen molar-refractivity contribution in [3.05, 3.63) is 59.1 Å². The Hall–Kier alpha value is -2.80. The summed E-state index contributed by atoms with van der Waals surface area (Å²) < 4.78 is 26.8. The van der Waals surface area contributed by atoms with E-state index in [4.69, 9.17) is 16.6 Å². The van der Waals surface area contributed by atoms with Crippen LogP contribution in [0.3, 0.4) is 0 Å². The minimum Gasteiger partial charge on any atom is -0.346 e. The summed E-state index contributed by atoms with van der Waals surface area (Å²) in [6.45, 7) is 0.714. The van der Waals surface area contributed by atoms with E-state index in [2.05, 4.69) is 19.9 Å². The number of hydrogen-bond donors (Lipinski definition) is 1. The van der Waals surface area contributed by atoms with Crippen LogP contribution in [0.4, 0.5) is 14.6 Å². The zero-order valence-corrected chi connectivity index (χ0v) is 15.5. The molecule has 0 spiro atoms. The number of halogens is 3. The first-order chi connectivity index (χ1) is 13.6. The molecular formula is C20H16ClF2N5. The van der Waals surface area contributed by atoms with Crippen molar-refractivity contribution in [2.75, 3.05) is 11.4 Å². The second-order valence-corrected chi connectivity index (χ2v) is 7.29. The molecule has 2 aromatic carbocycles. The zero-order valence-electron chi connectivity index (χ0n) is 14.7. The topological polar surface area (TPSA) is 57.7 Å². The second kappa shape index (κ2) is 6.67. The first-order valence-corrected chi connectivity index (χ1v) is 9.44. The molecule has 1 atom stereocenters. The van der Waals surface area contributed by atoms with Crippen molar-refractivity contribution < 1.29 is 8.78 Å². The molecule has 0 saturated carbocycles. The number of rotatable bonds is 3. The number of imidazole rings is 1. The molecule has 1 aliphatic rings. The van der Waals surface area contributed by atoms with E-state index in [1.165, 1.54) is 0 Å². The number of fused-ring (bicyclic) bond motifs is 2. The molecule has 5 nitrogen and oxygen atoms in total. The molecule has 28 heavy (non-hydrogen) atoms. The van der Waals surface area contributed by atoms with Crippen molar-refractivity contribution >= 4 is 39.4 Å². The summed E-state index contributed by atoms with van der Waals surface area (Å²) in [5, 5.41) is 1.40. The van der Waals surface area contributed by atoms with Gasteiger partial charge in [-0.05, 0) is 43.2 Å².